The van der Waals surface area contributed by atoms with Gasteiger partial charge in [0.15, 0.2) is 0 Å². The van der Waals surface area contributed by atoms with Crippen molar-refractivity contribution >= 4 is 5.82 Å². The topological polar surface area (TPSA) is 45.4 Å². The molecule has 0 radical (unpaired) electrons. The molecular formula is C15H24N4. The number of aryl methyl sites for hydroxylation is 1. The van der Waals surface area contributed by atoms with Crippen molar-refractivity contribution in [3.05, 3.63) is 23.9 Å². The lowest BCUT2D eigenvalue weighted by atomic mass is 10.0. The number of likely N-dealkylation sites (tertiary alicyclic amines) is 1. The van der Waals surface area contributed by atoms with Crippen molar-refractivity contribution in [2.24, 2.45) is 5.73 Å². The van der Waals surface area contributed by atoms with Crippen LogP contribution in [-0.2, 0) is 0 Å². The zero-order valence-electron chi connectivity index (χ0n) is 11.8. The number of anilines is 1. The summed E-state index contributed by atoms with van der Waals surface area (Å²) in [6, 6.07) is 7.40. The molecule has 19 heavy (non-hydrogen) atoms. The number of hydrogen-bond acceptors (Lipinski definition) is 4. The van der Waals surface area contributed by atoms with Crippen LogP contribution in [0.2, 0.25) is 0 Å². The number of piperidine rings is 1. The summed E-state index contributed by atoms with van der Waals surface area (Å²) in [5.41, 5.74) is 7.09. The highest BCUT2D eigenvalue weighted by molar-refractivity contribution is 5.40. The molecule has 2 aliphatic heterocycles. The molecule has 1 aromatic rings. The van der Waals surface area contributed by atoms with Gasteiger partial charge in [0.05, 0.1) is 0 Å². The van der Waals surface area contributed by atoms with Gasteiger partial charge in [0.25, 0.3) is 0 Å². The Morgan fingerprint density at radius 2 is 1.95 bits per heavy atom. The molecule has 4 heteroatoms. The average Bonchev–Trinajstić information content (AvgIpc) is 2.89. The minimum absolute atomic E-state index is 0.423. The first-order valence-electron chi connectivity index (χ1n) is 7.40. The molecule has 0 bridgehead atoms. The third-order valence-electron chi connectivity index (χ3n) is 4.45. The molecule has 2 aliphatic rings. The van der Waals surface area contributed by atoms with Gasteiger partial charge in [-0.05, 0) is 51.4 Å². The molecule has 1 aromatic heterocycles. The van der Waals surface area contributed by atoms with Gasteiger partial charge < -0.3 is 10.6 Å². The smallest absolute Gasteiger partial charge is 0.128 e. The molecule has 1 unspecified atom stereocenters. The van der Waals surface area contributed by atoms with Gasteiger partial charge in [-0.3, -0.25) is 4.90 Å². The standard InChI is InChI=1S/C15H24N4/c1-12-3-2-4-15(17-12)19-10-7-14(11-19)18-8-5-13(16)6-9-18/h2-4,13-14H,5-11,16H2,1H3. The van der Waals surface area contributed by atoms with Crippen LogP contribution in [0, 0.1) is 6.92 Å². The number of hydrogen-bond donors (Lipinski definition) is 1. The number of nitrogens with two attached hydrogens (primary N) is 1. The third-order valence-corrected chi connectivity index (χ3v) is 4.45. The van der Waals surface area contributed by atoms with E-state index in [0.717, 1.165) is 37.4 Å². The fourth-order valence-corrected chi connectivity index (χ4v) is 3.24. The zero-order valence-corrected chi connectivity index (χ0v) is 11.8. The molecule has 4 nitrogen and oxygen atoms in total. The predicted molar refractivity (Wildman–Crippen MR) is 78.4 cm³/mol. The Balaban J connectivity index is 1.61. The molecule has 0 saturated carbocycles. The summed E-state index contributed by atoms with van der Waals surface area (Å²) in [5.74, 6) is 1.14. The van der Waals surface area contributed by atoms with Gasteiger partial charge in [0, 0.05) is 30.9 Å². The van der Waals surface area contributed by atoms with E-state index in [-0.39, 0.29) is 0 Å². The van der Waals surface area contributed by atoms with Crippen molar-refractivity contribution in [3.8, 4) is 0 Å². The molecule has 0 amide bonds. The van der Waals surface area contributed by atoms with Gasteiger partial charge in [0.2, 0.25) is 0 Å². The zero-order chi connectivity index (χ0) is 13.2. The van der Waals surface area contributed by atoms with Crippen LogP contribution in [0.4, 0.5) is 5.82 Å². The Morgan fingerprint density at radius 3 is 2.68 bits per heavy atom. The van der Waals surface area contributed by atoms with Crippen molar-refractivity contribution in [3.63, 3.8) is 0 Å². The van der Waals surface area contributed by atoms with Crippen LogP contribution in [0.25, 0.3) is 0 Å². The SMILES string of the molecule is Cc1cccc(N2CCC(N3CCC(N)CC3)C2)n1. The van der Waals surface area contributed by atoms with Crippen molar-refractivity contribution in [2.45, 2.75) is 38.3 Å². The van der Waals surface area contributed by atoms with E-state index in [2.05, 4.69) is 39.9 Å². The second-order valence-corrected chi connectivity index (χ2v) is 5.90. The van der Waals surface area contributed by atoms with Crippen molar-refractivity contribution in [2.75, 3.05) is 31.1 Å². The Labute approximate surface area is 115 Å². The molecule has 3 rings (SSSR count). The minimum atomic E-state index is 0.423. The van der Waals surface area contributed by atoms with Crippen molar-refractivity contribution < 1.29 is 0 Å². The summed E-state index contributed by atoms with van der Waals surface area (Å²) in [4.78, 5) is 9.68. The Bertz CT molecular complexity index is 426. The van der Waals surface area contributed by atoms with Gasteiger partial charge in [-0.2, -0.15) is 0 Å². The van der Waals surface area contributed by atoms with Gasteiger partial charge in [0.1, 0.15) is 5.82 Å². The van der Waals surface area contributed by atoms with Crippen molar-refractivity contribution in [1.82, 2.24) is 9.88 Å². The summed E-state index contributed by atoms with van der Waals surface area (Å²) in [6.45, 7) is 6.64. The lowest BCUT2D eigenvalue weighted by Gasteiger charge is -2.34. The molecule has 0 aliphatic carbocycles. The van der Waals surface area contributed by atoms with E-state index < -0.39 is 0 Å². The van der Waals surface area contributed by atoms with Gasteiger partial charge in [-0.25, -0.2) is 4.98 Å². The van der Waals surface area contributed by atoms with Crippen LogP contribution < -0.4 is 10.6 Å². The average molecular weight is 260 g/mol. The van der Waals surface area contributed by atoms with E-state index in [1.54, 1.807) is 0 Å². The van der Waals surface area contributed by atoms with Crippen LogP contribution >= 0.6 is 0 Å². The minimum Gasteiger partial charge on any atom is -0.355 e. The number of aromatic nitrogens is 1. The number of rotatable bonds is 2. The summed E-state index contributed by atoms with van der Waals surface area (Å²) in [5, 5.41) is 0. The highest BCUT2D eigenvalue weighted by Gasteiger charge is 2.30. The molecule has 2 fully saturated rings. The largest absolute Gasteiger partial charge is 0.355 e. The maximum atomic E-state index is 5.98. The monoisotopic (exact) mass is 260 g/mol. The molecule has 0 spiro atoms. The van der Waals surface area contributed by atoms with E-state index in [0.29, 0.717) is 12.1 Å². The maximum Gasteiger partial charge on any atom is 0.128 e. The Morgan fingerprint density at radius 1 is 1.16 bits per heavy atom. The molecule has 104 valence electrons. The molecule has 1 atom stereocenters. The van der Waals surface area contributed by atoms with Gasteiger partial charge in [-0.1, -0.05) is 6.07 Å². The fourth-order valence-electron chi connectivity index (χ4n) is 3.24. The van der Waals surface area contributed by atoms with Crippen molar-refractivity contribution in [1.29, 1.82) is 0 Å². The van der Waals surface area contributed by atoms with Crippen LogP contribution in [-0.4, -0.2) is 48.1 Å². The fraction of sp³-hybridized carbons (Fsp3) is 0.667. The van der Waals surface area contributed by atoms with Gasteiger partial charge in [-0.15, -0.1) is 0 Å². The second kappa shape index (κ2) is 5.47. The van der Waals surface area contributed by atoms with Crippen LogP contribution in [0.15, 0.2) is 18.2 Å². The molecule has 2 N–H and O–H groups in total. The quantitative estimate of drug-likeness (QED) is 0.873. The van der Waals surface area contributed by atoms with Crippen LogP contribution in [0.1, 0.15) is 25.0 Å². The van der Waals surface area contributed by atoms with E-state index in [1.165, 1.54) is 19.5 Å². The lowest BCUT2D eigenvalue weighted by Crippen LogP contribution is -2.46. The number of pyridine rings is 1. The normalized spacial score (nSPS) is 26.0. The Hall–Kier alpha value is -1.13. The lowest BCUT2D eigenvalue weighted by molar-refractivity contribution is 0.163. The molecule has 2 saturated heterocycles. The van der Waals surface area contributed by atoms with E-state index in [9.17, 15) is 0 Å². The highest BCUT2D eigenvalue weighted by atomic mass is 15.3. The molecule has 0 aromatic carbocycles. The highest BCUT2D eigenvalue weighted by Crippen LogP contribution is 2.23. The van der Waals surface area contributed by atoms with Crippen LogP contribution in [0.3, 0.4) is 0 Å². The third kappa shape index (κ3) is 2.90. The summed E-state index contributed by atoms with van der Waals surface area (Å²) < 4.78 is 0. The van der Waals surface area contributed by atoms with E-state index in [4.69, 9.17) is 5.73 Å². The summed E-state index contributed by atoms with van der Waals surface area (Å²) in [7, 11) is 0. The predicted octanol–water partition coefficient (Wildman–Crippen LogP) is 1.39. The second-order valence-electron chi connectivity index (χ2n) is 5.90. The molecular weight excluding hydrogens is 236 g/mol. The van der Waals surface area contributed by atoms with E-state index in [1.807, 2.05) is 0 Å². The Kier molecular flexibility index (Phi) is 3.71. The first-order valence-corrected chi connectivity index (χ1v) is 7.40. The van der Waals surface area contributed by atoms with Crippen LogP contribution in [0.5, 0.6) is 0 Å². The maximum absolute atomic E-state index is 5.98. The first kappa shape index (κ1) is 12.9. The van der Waals surface area contributed by atoms with Gasteiger partial charge >= 0.3 is 0 Å². The molecule has 3 heterocycles. The summed E-state index contributed by atoms with van der Waals surface area (Å²) >= 11 is 0. The first-order chi connectivity index (χ1) is 9.22. The summed E-state index contributed by atoms with van der Waals surface area (Å²) in [6.07, 6.45) is 3.56. The number of nitrogens with zero attached hydrogens (tertiary/aromatic N) is 3. The van der Waals surface area contributed by atoms with E-state index >= 15 is 0 Å².